The normalized spacial score (nSPS) is 32.0. The highest BCUT2D eigenvalue weighted by molar-refractivity contribution is 6.83. The van der Waals surface area contributed by atoms with Crippen molar-refractivity contribution in [2.24, 2.45) is 23.2 Å². The van der Waals surface area contributed by atoms with E-state index in [1.807, 2.05) is 0 Å². The minimum absolute atomic E-state index is 0.299. The summed E-state index contributed by atoms with van der Waals surface area (Å²) in [6, 6.07) is 0. The van der Waals surface area contributed by atoms with Crippen molar-refractivity contribution in [3.8, 4) is 11.5 Å². The van der Waals surface area contributed by atoms with E-state index in [-0.39, 0.29) is 0 Å². The van der Waals surface area contributed by atoms with Crippen LogP contribution in [0.5, 0.6) is 0 Å². The maximum absolute atomic E-state index is 7.01. The number of fused-ring (bicyclic) bond motifs is 1. The van der Waals surface area contributed by atoms with Crippen LogP contribution in [-0.4, -0.2) is 22.5 Å². The average Bonchev–Trinajstić information content (AvgIpc) is 2.90. The smallest absolute Gasteiger partial charge is 0.192 e. The fourth-order valence-corrected chi connectivity index (χ4v) is 7.46. The second-order valence-corrected chi connectivity index (χ2v) is 22.2. The van der Waals surface area contributed by atoms with Crippen LogP contribution in [0, 0.1) is 34.6 Å². The zero-order valence-electron chi connectivity index (χ0n) is 21.1. The molecule has 0 aromatic carbocycles. The van der Waals surface area contributed by atoms with Crippen LogP contribution in [0.15, 0.2) is 12.2 Å². The van der Waals surface area contributed by atoms with Gasteiger partial charge in [-0.25, -0.2) is 0 Å². The van der Waals surface area contributed by atoms with E-state index in [4.69, 9.17) is 4.43 Å². The lowest BCUT2D eigenvalue weighted by molar-refractivity contribution is -0.0200. The largest absolute Gasteiger partial charge is 0.414 e. The van der Waals surface area contributed by atoms with Gasteiger partial charge in [0.05, 0.1) is 0 Å². The predicted molar refractivity (Wildman–Crippen MR) is 134 cm³/mol. The molecule has 0 amide bonds. The summed E-state index contributed by atoms with van der Waals surface area (Å²) in [5.74, 6) is 5.62. The molecule has 2 rings (SSSR count). The van der Waals surface area contributed by atoms with Gasteiger partial charge in [-0.1, -0.05) is 72.7 Å². The minimum atomic E-state index is -1.70. The first kappa shape index (κ1) is 25.0. The van der Waals surface area contributed by atoms with Gasteiger partial charge in [0, 0.05) is 6.10 Å². The molecule has 166 valence electrons. The van der Waals surface area contributed by atoms with E-state index in [0.29, 0.717) is 16.6 Å². The molecule has 2 saturated carbocycles. The maximum Gasteiger partial charge on any atom is 0.192 e. The molecule has 0 saturated heterocycles. The lowest BCUT2D eigenvalue weighted by atomic mass is 9.61. The molecular weight excluding hydrogens is 384 g/mol. The summed E-state index contributed by atoms with van der Waals surface area (Å²) >= 11 is 0. The van der Waals surface area contributed by atoms with E-state index in [1.54, 1.807) is 0 Å². The molecule has 2 aliphatic rings. The predicted octanol–water partition coefficient (Wildman–Crippen LogP) is 8.06. The Morgan fingerprint density at radius 3 is 2.34 bits per heavy atom. The summed E-state index contributed by atoms with van der Waals surface area (Å²) in [7, 11) is -2.96. The van der Waals surface area contributed by atoms with Crippen LogP contribution in [0.3, 0.4) is 0 Å². The van der Waals surface area contributed by atoms with Crippen LogP contribution in [0.25, 0.3) is 0 Å². The zero-order valence-corrected chi connectivity index (χ0v) is 23.1. The van der Waals surface area contributed by atoms with Crippen LogP contribution in [-0.2, 0) is 4.43 Å². The molecule has 0 aliphatic heterocycles. The molecule has 0 N–H and O–H groups in total. The first-order valence-electron chi connectivity index (χ1n) is 12.0. The van der Waals surface area contributed by atoms with Crippen molar-refractivity contribution in [3.05, 3.63) is 12.2 Å². The molecule has 0 aromatic heterocycles. The summed E-state index contributed by atoms with van der Waals surface area (Å²) in [5, 5.41) is 0.299. The van der Waals surface area contributed by atoms with E-state index >= 15 is 0 Å². The monoisotopic (exact) mass is 432 g/mol. The highest BCUT2D eigenvalue weighted by Gasteiger charge is 2.54. The van der Waals surface area contributed by atoms with Gasteiger partial charge >= 0.3 is 0 Å². The Morgan fingerprint density at radius 1 is 1.10 bits per heavy atom. The van der Waals surface area contributed by atoms with Crippen molar-refractivity contribution in [1.29, 1.82) is 0 Å². The van der Waals surface area contributed by atoms with Crippen molar-refractivity contribution in [1.82, 2.24) is 0 Å². The van der Waals surface area contributed by atoms with Crippen LogP contribution in [0.2, 0.25) is 37.8 Å². The van der Waals surface area contributed by atoms with Crippen molar-refractivity contribution < 1.29 is 4.43 Å². The third-order valence-corrected chi connectivity index (χ3v) is 13.6. The average molecular weight is 433 g/mol. The zero-order chi connectivity index (χ0) is 22.1. The number of hydrogen-bond acceptors (Lipinski definition) is 1. The second-order valence-electron chi connectivity index (χ2n) is 12.7. The van der Waals surface area contributed by atoms with E-state index in [2.05, 4.69) is 91.0 Å². The SMILES string of the molecule is C[C@H](CC=CC#C[Si](C)(C)C)[C@H]1CC[C@H]2[C@@H](O[Si](C)(C)C(C)(C)C)CCC[C@]12C. The third-order valence-electron chi connectivity index (χ3n) is 8.23. The van der Waals surface area contributed by atoms with Gasteiger partial charge in [-0.3, -0.25) is 0 Å². The lowest BCUT2D eigenvalue weighted by Gasteiger charge is -2.49. The summed E-state index contributed by atoms with van der Waals surface area (Å²) < 4.78 is 7.01. The highest BCUT2D eigenvalue weighted by atomic mass is 28.4. The fourth-order valence-electron chi connectivity index (χ4n) is 5.56. The van der Waals surface area contributed by atoms with E-state index in [0.717, 1.165) is 17.8 Å². The summed E-state index contributed by atoms with van der Waals surface area (Å²) in [6.07, 6.45) is 12.9. The van der Waals surface area contributed by atoms with E-state index < -0.39 is 16.4 Å². The highest BCUT2D eigenvalue weighted by Crippen LogP contribution is 2.59. The van der Waals surface area contributed by atoms with Gasteiger partial charge in [0.25, 0.3) is 0 Å². The Bertz CT molecular complexity index is 640. The number of hydrogen-bond donors (Lipinski definition) is 0. The van der Waals surface area contributed by atoms with Gasteiger partial charge in [0.2, 0.25) is 0 Å². The van der Waals surface area contributed by atoms with Gasteiger partial charge in [-0.2, -0.15) is 0 Å². The lowest BCUT2D eigenvalue weighted by Crippen LogP contribution is -2.50. The Kier molecular flexibility index (Phi) is 7.79. The van der Waals surface area contributed by atoms with Gasteiger partial charge in [-0.05, 0) is 79.5 Å². The van der Waals surface area contributed by atoms with Crippen LogP contribution >= 0.6 is 0 Å². The van der Waals surface area contributed by atoms with Crippen molar-refractivity contribution in [2.75, 3.05) is 0 Å². The molecule has 3 heteroatoms. The van der Waals surface area contributed by atoms with Gasteiger partial charge in [0.15, 0.2) is 8.32 Å². The van der Waals surface area contributed by atoms with Gasteiger partial charge < -0.3 is 4.43 Å². The maximum atomic E-state index is 7.01. The summed E-state index contributed by atoms with van der Waals surface area (Å²) in [6.45, 7) is 24.0. The van der Waals surface area contributed by atoms with Gasteiger partial charge in [-0.15, -0.1) is 5.54 Å². The Morgan fingerprint density at radius 2 is 1.76 bits per heavy atom. The van der Waals surface area contributed by atoms with Crippen LogP contribution in [0.4, 0.5) is 0 Å². The van der Waals surface area contributed by atoms with Crippen molar-refractivity contribution >= 4 is 16.4 Å². The topological polar surface area (TPSA) is 9.23 Å². The molecule has 0 unspecified atom stereocenters. The quantitative estimate of drug-likeness (QED) is 0.315. The minimum Gasteiger partial charge on any atom is -0.414 e. The summed E-state index contributed by atoms with van der Waals surface area (Å²) in [5.41, 5.74) is 3.91. The molecule has 2 aliphatic carbocycles. The van der Waals surface area contributed by atoms with Crippen molar-refractivity contribution in [2.45, 2.75) is 117 Å². The molecule has 0 aromatic rings. The fraction of sp³-hybridized carbons (Fsp3) is 0.846. The van der Waals surface area contributed by atoms with Gasteiger partial charge in [0.1, 0.15) is 8.07 Å². The molecular formula is C26H48OSi2. The summed E-state index contributed by atoms with van der Waals surface area (Å²) in [4.78, 5) is 0. The van der Waals surface area contributed by atoms with E-state index in [9.17, 15) is 0 Å². The molecule has 1 nitrogen and oxygen atoms in total. The van der Waals surface area contributed by atoms with Crippen LogP contribution in [0.1, 0.15) is 73.1 Å². The molecule has 5 atom stereocenters. The molecule has 0 bridgehead atoms. The molecule has 2 fully saturated rings. The Labute approximate surface area is 184 Å². The Balaban J connectivity index is 2.05. The standard InChI is InChI=1S/C26H48OSi2/c1-21(15-12-11-13-20-28(6,7)8)22-17-18-23-24(16-14-19-26(22,23)5)27-29(9,10)25(2,3)4/h11-12,21-24H,14-19H2,1-10H3/t21-,22-,23+,24+,26-/m1/s1. The van der Waals surface area contributed by atoms with Crippen molar-refractivity contribution in [3.63, 3.8) is 0 Å². The third kappa shape index (κ3) is 6.11. The molecule has 0 heterocycles. The second kappa shape index (κ2) is 9.05. The number of allylic oxidation sites excluding steroid dienone is 2. The molecule has 29 heavy (non-hydrogen) atoms. The first-order valence-corrected chi connectivity index (χ1v) is 18.4. The Hall–Kier alpha value is -0.306. The first-order chi connectivity index (χ1) is 13.2. The number of rotatable bonds is 5. The molecule has 0 radical (unpaired) electrons. The molecule has 0 spiro atoms. The van der Waals surface area contributed by atoms with E-state index in [1.165, 1.54) is 38.5 Å². The van der Waals surface area contributed by atoms with Crippen LogP contribution < -0.4 is 0 Å².